The fourth-order valence-electron chi connectivity index (χ4n) is 1.78. The molecule has 0 N–H and O–H groups in total. The predicted octanol–water partition coefficient (Wildman–Crippen LogP) is 2.91. The number of halogens is 1. The second kappa shape index (κ2) is 4.01. The Morgan fingerprint density at radius 3 is 2.76 bits per heavy atom. The summed E-state index contributed by atoms with van der Waals surface area (Å²) < 4.78 is 1.84. The molecule has 0 radical (unpaired) electrons. The summed E-state index contributed by atoms with van der Waals surface area (Å²) in [7, 11) is 0. The van der Waals surface area contributed by atoms with E-state index in [4.69, 9.17) is 16.9 Å². The van der Waals surface area contributed by atoms with E-state index in [0.717, 1.165) is 11.3 Å². The topological polar surface area (TPSA) is 54.5 Å². The minimum atomic E-state index is -0.135. The molecule has 0 bridgehead atoms. The molecule has 0 aliphatic carbocycles. The van der Waals surface area contributed by atoms with Crippen LogP contribution >= 0.6 is 11.6 Å². The van der Waals surface area contributed by atoms with Crippen LogP contribution in [0.25, 0.3) is 11.2 Å². The lowest BCUT2D eigenvalue weighted by atomic mass is 9.96. The zero-order chi connectivity index (χ0) is 12.6. The van der Waals surface area contributed by atoms with Crippen LogP contribution in [0.15, 0.2) is 12.3 Å². The van der Waals surface area contributed by atoms with E-state index in [1.54, 1.807) is 12.3 Å². The van der Waals surface area contributed by atoms with E-state index in [-0.39, 0.29) is 12.0 Å². The molecule has 0 aromatic carbocycles. The first-order valence-electron chi connectivity index (χ1n) is 5.32. The van der Waals surface area contributed by atoms with Gasteiger partial charge in [-0.15, -0.1) is 0 Å². The summed E-state index contributed by atoms with van der Waals surface area (Å²) in [6.45, 7) is 6.43. The molecule has 2 aromatic heterocycles. The van der Waals surface area contributed by atoms with Crippen molar-refractivity contribution < 1.29 is 0 Å². The average Bonchev–Trinajstić information content (AvgIpc) is 2.56. The number of rotatable bonds is 1. The van der Waals surface area contributed by atoms with Crippen LogP contribution in [0.2, 0.25) is 5.02 Å². The van der Waals surface area contributed by atoms with Crippen molar-refractivity contribution in [1.29, 1.82) is 5.26 Å². The number of pyridine rings is 1. The number of nitriles is 1. The highest BCUT2D eigenvalue weighted by Crippen LogP contribution is 2.26. The predicted molar refractivity (Wildman–Crippen MR) is 66.9 cm³/mol. The van der Waals surface area contributed by atoms with Gasteiger partial charge in [0.2, 0.25) is 0 Å². The molecular formula is C12H13ClN4. The van der Waals surface area contributed by atoms with Gasteiger partial charge in [0.1, 0.15) is 17.9 Å². The molecule has 17 heavy (non-hydrogen) atoms. The smallest absolute Gasteiger partial charge is 0.161 e. The van der Waals surface area contributed by atoms with E-state index >= 15 is 0 Å². The van der Waals surface area contributed by atoms with Gasteiger partial charge in [0.15, 0.2) is 5.65 Å². The van der Waals surface area contributed by atoms with Crippen LogP contribution in [-0.2, 0) is 12.0 Å². The molecule has 0 fully saturated rings. The summed E-state index contributed by atoms with van der Waals surface area (Å²) in [6.07, 6.45) is 1.58. The Bertz CT molecular complexity index is 601. The Labute approximate surface area is 105 Å². The lowest BCUT2D eigenvalue weighted by Gasteiger charge is -2.18. The summed E-state index contributed by atoms with van der Waals surface area (Å²) in [5, 5.41) is 9.44. The fourth-order valence-corrected chi connectivity index (χ4v) is 1.93. The number of imidazole rings is 1. The van der Waals surface area contributed by atoms with E-state index in [1.165, 1.54) is 0 Å². The standard InChI is InChI=1S/C12H13ClN4/c1-12(2,3)11-16-9-6-8(13)7-15-10(9)17(11)5-4-14/h6-7H,5H2,1-3H3. The molecule has 0 spiro atoms. The Kier molecular flexibility index (Phi) is 2.80. The lowest BCUT2D eigenvalue weighted by Crippen LogP contribution is -2.19. The quantitative estimate of drug-likeness (QED) is 0.780. The molecule has 0 saturated carbocycles. The third-order valence-corrected chi connectivity index (χ3v) is 2.66. The summed E-state index contributed by atoms with van der Waals surface area (Å²) in [5.41, 5.74) is 1.31. The third kappa shape index (κ3) is 2.11. The highest BCUT2D eigenvalue weighted by atomic mass is 35.5. The Balaban J connectivity index is 2.75. The largest absolute Gasteiger partial charge is 0.298 e. The zero-order valence-corrected chi connectivity index (χ0v) is 10.8. The minimum Gasteiger partial charge on any atom is -0.298 e. The van der Waals surface area contributed by atoms with E-state index < -0.39 is 0 Å². The highest BCUT2D eigenvalue weighted by Gasteiger charge is 2.23. The molecule has 0 unspecified atom stereocenters. The molecule has 0 atom stereocenters. The number of hydrogen-bond acceptors (Lipinski definition) is 3. The summed E-state index contributed by atoms with van der Waals surface area (Å²) in [6, 6.07) is 3.91. The number of aromatic nitrogens is 3. The summed E-state index contributed by atoms with van der Waals surface area (Å²) in [5.74, 6) is 0.851. The highest BCUT2D eigenvalue weighted by molar-refractivity contribution is 6.31. The van der Waals surface area contributed by atoms with Crippen molar-refractivity contribution in [2.24, 2.45) is 0 Å². The van der Waals surface area contributed by atoms with Crippen LogP contribution < -0.4 is 0 Å². The number of nitrogens with zero attached hydrogens (tertiary/aromatic N) is 4. The van der Waals surface area contributed by atoms with E-state index in [1.807, 2.05) is 4.57 Å². The van der Waals surface area contributed by atoms with Crippen LogP contribution in [0.3, 0.4) is 0 Å². The van der Waals surface area contributed by atoms with Crippen LogP contribution in [0.4, 0.5) is 0 Å². The summed E-state index contributed by atoms with van der Waals surface area (Å²) >= 11 is 5.89. The van der Waals surface area contributed by atoms with Gasteiger partial charge >= 0.3 is 0 Å². The van der Waals surface area contributed by atoms with Crippen LogP contribution in [-0.4, -0.2) is 14.5 Å². The van der Waals surface area contributed by atoms with Gasteiger partial charge in [0.05, 0.1) is 11.1 Å². The minimum absolute atomic E-state index is 0.135. The first-order chi connectivity index (χ1) is 7.93. The van der Waals surface area contributed by atoms with Crippen molar-refractivity contribution in [2.75, 3.05) is 0 Å². The van der Waals surface area contributed by atoms with Gasteiger partial charge in [-0.3, -0.25) is 4.57 Å². The first kappa shape index (κ1) is 11.9. The van der Waals surface area contributed by atoms with Crippen molar-refractivity contribution in [3.05, 3.63) is 23.1 Å². The van der Waals surface area contributed by atoms with Gasteiger partial charge in [-0.25, -0.2) is 9.97 Å². The molecule has 5 heteroatoms. The van der Waals surface area contributed by atoms with Gasteiger partial charge < -0.3 is 0 Å². The molecule has 2 rings (SSSR count). The van der Waals surface area contributed by atoms with E-state index in [2.05, 4.69) is 36.8 Å². The summed E-state index contributed by atoms with van der Waals surface area (Å²) in [4.78, 5) is 8.78. The molecule has 88 valence electrons. The number of fused-ring (bicyclic) bond motifs is 1. The molecular weight excluding hydrogens is 236 g/mol. The Morgan fingerprint density at radius 1 is 1.47 bits per heavy atom. The third-order valence-electron chi connectivity index (χ3n) is 2.45. The van der Waals surface area contributed by atoms with E-state index in [9.17, 15) is 0 Å². The zero-order valence-electron chi connectivity index (χ0n) is 10.0. The van der Waals surface area contributed by atoms with Gasteiger partial charge in [-0.1, -0.05) is 32.4 Å². The van der Waals surface area contributed by atoms with Crippen molar-refractivity contribution >= 4 is 22.8 Å². The van der Waals surface area contributed by atoms with Crippen LogP contribution in [0.1, 0.15) is 26.6 Å². The molecule has 4 nitrogen and oxygen atoms in total. The van der Waals surface area contributed by atoms with Crippen molar-refractivity contribution in [3.8, 4) is 6.07 Å². The average molecular weight is 249 g/mol. The number of hydrogen-bond donors (Lipinski definition) is 0. The molecule has 0 amide bonds. The van der Waals surface area contributed by atoms with Crippen molar-refractivity contribution in [2.45, 2.75) is 32.7 Å². The van der Waals surface area contributed by atoms with Crippen LogP contribution in [0, 0.1) is 11.3 Å². The molecule has 0 aliphatic heterocycles. The van der Waals surface area contributed by atoms with Gasteiger partial charge in [-0.2, -0.15) is 5.26 Å². The maximum Gasteiger partial charge on any atom is 0.161 e. The molecule has 2 heterocycles. The SMILES string of the molecule is CC(C)(C)c1nc2cc(Cl)cnc2n1CC#N. The van der Waals surface area contributed by atoms with Crippen molar-refractivity contribution in [3.63, 3.8) is 0 Å². The second-order valence-corrected chi connectivity index (χ2v) is 5.36. The maximum atomic E-state index is 8.89. The van der Waals surface area contributed by atoms with Crippen molar-refractivity contribution in [1.82, 2.24) is 14.5 Å². The maximum absolute atomic E-state index is 8.89. The monoisotopic (exact) mass is 248 g/mol. The Morgan fingerprint density at radius 2 is 2.18 bits per heavy atom. The molecule has 0 aliphatic rings. The molecule has 2 aromatic rings. The van der Waals surface area contributed by atoms with Gasteiger partial charge in [-0.05, 0) is 6.07 Å². The Hall–Kier alpha value is -1.60. The van der Waals surface area contributed by atoms with E-state index in [0.29, 0.717) is 10.7 Å². The van der Waals surface area contributed by atoms with Crippen LogP contribution in [0.5, 0.6) is 0 Å². The first-order valence-corrected chi connectivity index (χ1v) is 5.70. The lowest BCUT2D eigenvalue weighted by molar-refractivity contribution is 0.518. The second-order valence-electron chi connectivity index (χ2n) is 4.93. The normalized spacial score (nSPS) is 11.7. The fraction of sp³-hybridized carbons (Fsp3) is 0.417. The van der Waals surface area contributed by atoms with Gasteiger partial charge in [0, 0.05) is 11.6 Å². The van der Waals surface area contributed by atoms with Gasteiger partial charge in [0.25, 0.3) is 0 Å². The molecule has 0 saturated heterocycles.